The van der Waals surface area contributed by atoms with E-state index in [-0.39, 0.29) is 17.7 Å². The molecule has 8 heteroatoms. The van der Waals surface area contributed by atoms with E-state index in [9.17, 15) is 4.79 Å². The first-order chi connectivity index (χ1) is 13.0. The quantitative estimate of drug-likeness (QED) is 0.699. The van der Waals surface area contributed by atoms with Crippen molar-refractivity contribution in [3.8, 4) is 11.3 Å². The molecule has 0 unspecified atom stereocenters. The Morgan fingerprint density at radius 1 is 1.19 bits per heavy atom. The van der Waals surface area contributed by atoms with Crippen LogP contribution in [0.1, 0.15) is 58.8 Å². The molecule has 0 aliphatic carbocycles. The number of likely N-dealkylation sites (tertiary alicyclic amines) is 1. The topological polar surface area (TPSA) is 98.2 Å². The highest BCUT2D eigenvalue weighted by atomic mass is 16.5. The first-order valence-corrected chi connectivity index (χ1v) is 9.05. The van der Waals surface area contributed by atoms with Crippen LogP contribution in [-0.2, 0) is 0 Å². The van der Waals surface area contributed by atoms with Crippen LogP contribution in [-0.4, -0.2) is 37.6 Å². The Balaban J connectivity index is 1.74. The average molecular weight is 367 g/mol. The lowest BCUT2D eigenvalue weighted by Crippen LogP contribution is -2.39. The molecule has 0 bridgehead atoms. The lowest BCUT2D eigenvalue weighted by molar-refractivity contribution is 0.0557. The van der Waals surface area contributed by atoms with E-state index in [2.05, 4.69) is 15.3 Å². The summed E-state index contributed by atoms with van der Waals surface area (Å²) in [7, 11) is 0. The van der Waals surface area contributed by atoms with Gasteiger partial charge in [-0.05, 0) is 46.1 Å². The van der Waals surface area contributed by atoms with E-state index in [1.54, 1.807) is 11.0 Å². The van der Waals surface area contributed by atoms with Gasteiger partial charge in [0.15, 0.2) is 5.82 Å². The second-order valence-corrected chi connectivity index (χ2v) is 6.84. The van der Waals surface area contributed by atoms with Gasteiger partial charge in [-0.25, -0.2) is 9.97 Å². The molecule has 8 nitrogen and oxygen atoms in total. The van der Waals surface area contributed by atoms with Crippen molar-refractivity contribution in [3.63, 3.8) is 0 Å². The van der Waals surface area contributed by atoms with E-state index in [0.717, 1.165) is 47.7 Å². The van der Waals surface area contributed by atoms with Crippen LogP contribution in [0.2, 0.25) is 0 Å². The predicted molar refractivity (Wildman–Crippen MR) is 95.9 cm³/mol. The van der Waals surface area contributed by atoms with Gasteiger partial charge >= 0.3 is 0 Å². The Morgan fingerprint density at radius 2 is 2.04 bits per heavy atom. The number of carbonyl (C=O) groups is 1. The number of nitrogens with zero attached hydrogens (tertiary/aromatic N) is 5. The third kappa shape index (κ3) is 3.22. The largest absolute Gasteiger partial charge is 0.361 e. The molecule has 1 saturated heterocycles. The Hall–Kier alpha value is -3.03. The number of hydrogen-bond acceptors (Lipinski definition) is 7. The fourth-order valence-electron chi connectivity index (χ4n) is 3.63. The van der Waals surface area contributed by atoms with Crippen LogP contribution in [0.3, 0.4) is 0 Å². The zero-order chi connectivity index (χ0) is 19.0. The van der Waals surface area contributed by atoms with Crippen molar-refractivity contribution >= 4 is 5.91 Å². The summed E-state index contributed by atoms with van der Waals surface area (Å²) in [5.74, 6) is 1.41. The van der Waals surface area contributed by atoms with Gasteiger partial charge in [0.2, 0.25) is 5.76 Å². The van der Waals surface area contributed by atoms with Crippen LogP contribution < -0.4 is 0 Å². The van der Waals surface area contributed by atoms with E-state index in [0.29, 0.717) is 12.4 Å². The smallest absolute Gasteiger partial charge is 0.293 e. The predicted octanol–water partition coefficient (Wildman–Crippen LogP) is 3.41. The van der Waals surface area contributed by atoms with Crippen LogP contribution in [0.4, 0.5) is 0 Å². The number of rotatable bonds is 3. The van der Waals surface area contributed by atoms with Gasteiger partial charge < -0.3 is 13.9 Å². The summed E-state index contributed by atoms with van der Waals surface area (Å²) in [4.78, 5) is 24.1. The maximum atomic E-state index is 12.9. The first kappa shape index (κ1) is 17.4. The lowest BCUT2D eigenvalue weighted by Gasteiger charge is -2.34. The van der Waals surface area contributed by atoms with Crippen molar-refractivity contribution in [2.75, 3.05) is 6.54 Å². The molecule has 0 saturated carbocycles. The zero-order valence-electron chi connectivity index (χ0n) is 15.6. The Labute approximate surface area is 156 Å². The molecule has 0 aromatic carbocycles. The van der Waals surface area contributed by atoms with Gasteiger partial charge in [-0.1, -0.05) is 10.3 Å². The van der Waals surface area contributed by atoms with Gasteiger partial charge in [0.05, 0.1) is 29.2 Å². The van der Waals surface area contributed by atoms with Crippen LogP contribution in [0, 0.1) is 20.8 Å². The Morgan fingerprint density at radius 3 is 2.74 bits per heavy atom. The third-order valence-electron chi connectivity index (χ3n) is 4.87. The maximum absolute atomic E-state index is 12.9. The van der Waals surface area contributed by atoms with Gasteiger partial charge in [-0.15, -0.1) is 0 Å². The fourth-order valence-corrected chi connectivity index (χ4v) is 3.63. The van der Waals surface area contributed by atoms with Crippen molar-refractivity contribution in [1.82, 2.24) is 25.2 Å². The minimum atomic E-state index is -0.199. The summed E-state index contributed by atoms with van der Waals surface area (Å²) in [6.45, 7) is 6.33. The number of hydrogen-bond donors (Lipinski definition) is 0. The van der Waals surface area contributed by atoms with E-state index in [1.807, 2.05) is 26.8 Å². The number of aromatic nitrogens is 4. The number of piperidine rings is 1. The molecule has 4 heterocycles. The molecule has 1 fully saturated rings. The molecular weight excluding hydrogens is 346 g/mol. The SMILES string of the molecule is Cc1cc(-c2c(C)noc2C)nc([C@@H]2CCCCN2C(=O)c2ccno2)n1. The van der Waals surface area contributed by atoms with Crippen LogP contribution in [0.25, 0.3) is 11.3 Å². The summed E-state index contributed by atoms with van der Waals surface area (Å²) < 4.78 is 10.4. The standard InChI is InChI=1S/C19H21N5O3/c1-11-10-14(17-12(2)23-26-13(17)3)22-18(21-11)15-6-4-5-9-24(15)19(25)16-7-8-20-27-16/h7-8,10,15H,4-6,9H2,1-3H3/t15-/m0/s1. The second-order valence-electron chi connectivity index (χ2n) is 6.84. The number of amides is 1. The van der Waals surface area contributed by atoms with Crippen molar-refractivity contribution in [1.29, 1.82) is 0 Å². The van der Waals surface area contributed by atoms with Gasteiger partial charge in [0, 0.05) is 18.3 Å². The molecule has 1 atom stereocenters. The summed E-state index contributed by atoms with van der Waals surface area (Å²) >= 11 is 0. The summed E-state index contributed by atoms with van der Waals surface area (Å²) in [6.07, 6.45) is 4.25. The van der Waals surface area contributed by atoms with Crippen molar-refractivity contribution in [2.24, 2.45) is 0 Å². The van der Waals surface area contributed by atoms with Gasteiger partial charge in [-0.2, -0.15) is 0 Å². The highest BCUT2D eigenvalue weighted by molar-refractivity contribution is 5.91. The fraction of sp³-hybridized carbons (Fsp3) is 0.421. The minimum Gasteiger partial charge on any atom is -0.361 e. The maximum Gasteiger partial charge on any atom is 0.293 e. The van der Waals surface area contributed by atoms with Crippen molar-refractivity contribution in [2.45, 2.75) is 46.1 Å². The van der Waals surface area contributed by atoms with E-state index in [1.165, 1.54) is 6.20 Å². The van der Waals surface area contributed by atoms with E-state index in [4.69, 9.17) is 14.0 Å². The van der Waals surface area contributed by atoms with Gasteiger partial charge in [-0.3, -0.25) is 4.79 Å². The van der Waals surface area contributed by atoms with Gasteiger partial charge in [0.1, 0.15) is 5.76 Å². The minimum absolute atomic E-state index is 0.179. The molecule has 1 amide bonds. The first-order valence-electron chi connectivity index (χ1n) is 9.05. The van der Waals surface area contributed by atoms with Crippen molar-refractivity contribution < 1.29 is 13.8 Å². The summed E-state index contributed by atoms with van der Waals surface area (Å²) in [5.41, 5.74) is 3.28. The molecular formula is C19H21N5O3. The zero-order valence-corrected chi connectivity index (χ0v) is 15.6. The average Bonchev–Trinajstić information content (AvgIpc) is 3.31. The molecule has 0 radical (unpaired) electrons. The lowest BCUT2D eigenvalue weighted by atomic mass is 10.00. The number of aryl methyl sites for hydroxylation is 3. The second kappa shape index (κ2) is 6.94. The highest BCUT2D eigenvalue weighted by Crippen LogP contribution is 2.33. The Kier molecular flexibility index (Phi) is 4.47. The van der Waals surface area contributed by atoms with Crippen LogP contribution >= 0.6 is 0 Å². The molecule has 3 aromatic heterocycles. The summed E-state index contributed by atoms with van der Waals surface area (Å²) in [6, 6.07) is 3.30. The molecule has 0 N–H and O–H groups in total. The van der Waals surface area contributed by atoms with E-state index < -0.39 is 0 Å². The molecule has 27 heavy (non-hydrogen) atoms. The third-order valence-corrected chi connectivity index (χ3v) is 4.87. The molecule has 0 spiro atoms. The Bertz CT molecular complexity index is 944. The molecule has 3 aromatic rings. The molecule has 1 aliphatic rings. The molecule has 1 aliphatic heterocycles. The highest BCUT2D eigenvalue weighted by Gasteiger charge is 2.32. The number of carbonyl (C=O) groups excluding carboxylic acids is 1. The van der Waals surface area contributed by atoms with Crippen LogP contribution in [0.15, 0.2) is 27.4 Å². The monoisotopic (exact) mass is 367 g/mol. The molecule has 140 valence electrons. The van der Waals surface area contributed by atoms with Gasteiger partial charge in [0.25, 0.3) is 5.91 Å². The van der Waals surface area contributed by atoms with E-state index >= 15 is 0 Å². The summed E-state index contributed by atoms with van der Waals surface area (Å²) in [5, 5.41) is 7.67. The molecule has 4 rings (SSSR count). The normalized spacial score (nSPS) is 17.3. The van der Waals surface area contributed by atoms with Crippen LogP contribution in [0.5, 0.6) is 0 Å². The van der Waals surface area contributed by atoms with Crippen molar-refractivity contribution in [3.05, 3.63) is 47.1 Å².